The predicted molar refractivity (Wildman–Crippen MR) is 81.4 cm³/mol. The Kier molecular flexibility index (Phi) is 4.72. The first-order valence-corrected chi connectivity index (χ1v) is 9.12. The Hall–Kier alpha value is -0.960. The summed E-state index contributed by atoms with van der Waals surface area (Å²) in [5.41, 5.74) is -0.136. The van der Waals surface area contributed by atoms with E-state index in [2.05, 4.69) is 9.62 Å². The molecule has 0 radical (unpaired) electrons. The first-order valence-electron chi connectivity index (χ1n) is 6.76. The van der Waals surface area contributed by atoms with Crippen LogP contribution in [0.1, 0.15) is 36.0 Å². The lowest BCUT2D eigenvalue weighted by atomic mass is 9.97. The highest BCUT2D eigenvalue weighted by atomic mass is 32.2. The van der Waals surface area contributed by atoms with Crippen molar-refractivity contribution in [1.29, 1.82) is 0 Å². The molecule has 0 spiro atoms. The van der Waals surface area contributed by atoms with Crippen LogP contribution in [0.15, 0.2) is 15.7 Å². The number of carboxylic acid groups (broad SMARTS) is 1. The van der Waals surface area contributed by atoms with E-state index in [9.17, 15) is 13.2 Å². The molecule has 1 aromatic rings. The van der Waals surface area contributed by atoms with Gasteiger partial charge in [0.25, 0.3) is 0 Å². The summed E-state index contributed by atoms with van der Waals surface area (Å²) in [5.74, 6) is -1.12. The number of carboxylic acids is 1. The van der Waals surface area contributed by atoms with E-state index >= 15 is 0 Å². The van der Waals surface area contributed by atoms with E-state index in [1.54, 1.807) is 0 Å². The average molecular weight is 332 g/mol. The summed E-state index contributed by atoms with van der Waals surface area (Å²) in [6, 6.07) is 1.20. The summed E-state index contributed by atoms with van der Waals surface area (Å²) < 4.78 is 27.2. The number of nitrogens with zero attached hydrogens (tertiary/aromatic N) is 1. The standard InChI is InChI=1S/C13H20N2O4S2/c1-15(2)13(5-3-4-6-13)9-14-21(18,19)11-7-10(8-20-11)12(16)17/h7-8,14H,3-6,9H2,1-2H3,(H,16,17). The molecule has 1 aromatic heterocycles. The van der Waals surface area contributed by atoms with Crippen molar-refractivity contribution < 1.29 is 18.3 Å². The van der Waals surface area contributed by atoms with Crippen LogP contribution in [0.4, 0.5) is 0 Å². The highest BCUT2D eigenvalue weighted by Crippen LogP contribution is 2.33. The van der Waals surface area contributed by atoms with Crippen LogP contribution in [-0.2, 0) is 10.0 Å². The normalized spacial score (nSPS) is 18.2. The summed E-state index contributed by atoms with van der Waals surface area (Å²) in [6.07, 6.45) is 4.13. The minimum absolute atomic E-state index is 0.00330. The van der Waals surface area contributed by atoms with E-state index in [1.165, 1.54) is 11.4 Å². The second-order valence-corrected chi connectivity index (χ2v) is 8.52. The highest BCUT2D eigenvalue weighted by molar-refractivity contribution is 7.91. The summed E-state index contributed by atoms with van der Waals surface area (Å²) >= 11 is 0.930. The molecule has 0 bridgehead atoms. The Balaban J connectivity index is 2.12. The molecule has 1 saturated carbocycles. The number of carbonyl (C=O) groups is 1. The topological polar surface area (TPSA) is 86.7 Å². The third kappa shape index (κ3) is 3.45. The molecule has 6 nitrogen and oxygen atoms in total. The number of thiophene rings is 1. The van der Waals surface area contributed by atoms with Gasteiger partial charge in [-0.3, -0.25) is 0 Å². The van der Waals surface area contributed by atoms with Crippen molar-refractivity contribution in [2.75, 3.05) is 20.6 Å². The first-order chi connectivity index (χ1) is 9.77. The number of likely N-dealkylation sites (N-methyl/N-ethyl adjacent to an activating group) is 1. The molecule has 0 saturated heterocycles. The third-order valence-corrected chi connectivity index (χ3v) is 7.00. The number of nitrogens with one attached hydrogen (secondary N) is 1. The Bertz CT molecular complexity index is 616. The number of hydrogen-bond acceptors (Lipinski definition) is 5. The highest BCUT2D eigenvalue weighted by Gasteiger charge is 2.37. The van der Waals surface area contributed by atoms with Crippen molar-refractivity contribution in [3.8, 4) is 0 Å². The SMILES string of the molecule is CN(C)C1(CNS(=O)(=O)c2cc(C(=O)O)cs2)CCCC1. The van der Waals surface area contributed by atoms with Gasteiger partial charge in [-0.15, -0.1) is 11.3 Å². The molecule has 2 rings (SSSR count). The van der Waals surface area contributed by atoms with Crippen molar-refractivity contribution in [1.82, 2.24) is 9.62 Å². The molecular formula is C13H20N2O4S2. The lowest BCUT2D eigenvalue weighted by Crippen LogP contribution is -2.50. The van der Waals surface area contributed by atoms with E-state index in [0.29, 0.717) is 6.54 Å². The Morgan fingerprint density at radius 3 is 2.52 bits per heavy atom. The van der Waals surface area contributed by atoms with Crippen molar-refractivity contribution in [2.24, 2.45) is 0 Å². The maximum absolute atomic E-state index is 12.3. The van der Waals surface area contributed by atoms with Crippen LogP contribution in [0.5, 0.6) is 0 Å². The first kappa shape index (κ1) is 16.4. The molecule has 1 heterocycles. The fourth-order valence-electron chi connectivity index (χ4n) is 2.69. The number of hydrogen-bond donors (Lipinski definition) is 2. The molecule has 0 unspecified atom stereocenters. The van der Waals surface area contributed by atoms with E-state index in [4.69, 9.17) is 5.11 Å². The van der Waals surface area contributed by atoms with Gasteiger partial charge < -0.3 is 10.0 Å². The summed E-state index contributed by atoms with van der Waals surface area (Å²) in [4.78, 5) is 12.9. The van der Waals surface area contributed by atoms with Gasteiger partial charge in [-0.1, -0.05) is 12.8 Å². The lowest BCUT2D eigenvalue weighted by molar-refractivity contribution is 0.0697. The van der Waals surface area contributed by atoms with Gasteiger partial charge in [0.1, 0.15) is 4.21 Å². The monoisotopic (exact) mass is 332 g/mol. The molecule has 0 atom stereocenters. The molecule has 1 aliphatic carbocycles. The van der Waals surface area contributed by atoms with Crippen molar-refractivity contribution in [2.45, 2.75) is 35.4 Å². The maximum Gasteiger partial charge on any atom is 0.336 e. The fourth-order valence-corrected chi connectivity index (χ4v) is 5.00. The van der Waals surface area contributed by atoms with Gasteiger partial charge in [-0.05, 0) is 33.0 Å². The van der Waals surface area contributed by atoms with Gasteiger partial charge in [-0.2, -0.15) is 0 Å². The van der Waals surface area contributed by atoms with E-state index in [0.717, 1.165) is 37.0 Å². The number of sulfonamides is 1. The smallest absolute Gasteiger partial charge is 0.336 e. The molecule has 8 heteroatoms. The maximum atomic E-state index is 12.3. The van der Waals surface area contributed by atoms with Gasteiger partial charge >= 0.3 is 5.97 Å². The van der Waals surface area contributed by atoms with Gasteiger partial charge in [0.2, 0.25) is 10.0 Å². The van der Waals surface area contributed by atoms with Crippen LogP contribution in [0, 0.1) is 0 Å². The van der Waals surface area contributed by atoms with E-state index < -0.39 is 16.0 Å². The molecule has 2 N–H and O–H groups in total. The zero-order valence-electron chi connectivity index (χ0n) is 12.1. The predicted octanol–water partition coefficient (Wildman–Crippen LogP) is 1.60. The van der Waals surface area contributed by atoms with Crippen molar-refractivity contribution in [3.05, 3.63) is 17.0 Å². The number of rotatable bonds is 6. The second-order valence-electron chi connectivity index (χ2n) is 5.61. The Morgan fingerprint density at radius 2 is 2.05 bits per heavy atom. The average Bonchev–Trinajstić information content (AvgIpc) is 3.07. The minimum Gasteiger partial charge on any atom is -0.478 e. The van der Waals surface area contributed by atoms with Crippen LogP contribution in [0.25, 0.3) is 0 Å². The molecule has 118 valence electrons. The minimum atomic E-state index is -3.65. The molecular weight excluding hydrogens is 312 g/mol. The quantitative estimate of drug-likeness (QED) is 0.826. The van der Waals surface area contributed by atoms with Crippen LogP contribution in [0.2, 0.25) is 0 Å². The zero-order valence-corrected chi connectivity index (χ0v) is 13.8. The largest absolute Gasteiger partial charge is 0.478 e. The molecule has 1 aliphatic rings. The number of aromatic carboxylic acids is 1. The van der Waals surface area contributed by atoms with Crippen LogP contribution >= 0.6 is 11.3 Å². The van der Waals surface area contributed by atoms with Gasteiger partial charge in [0.05, 0.1) is 5.56 Å². The van der Waals surface area contributed by atoms with Crippen molar-refractivity contribution >= 4 is 27.3 Å². The van der Waals surface area contributed by atoms with Crippen LogP contribution in [-0.4, -0.2) is 50.6 Å². The van der Waals surface area contributed by atoms with Gasteiger partial charge in [0.15, 0.2) is 0 Å². The molecule has 0 aromatic carbocycles. The van der Waals surface area contributed by atoms with Crippen LogP contribution in [0.3, 0.4) is 0 Å². The van der Waals surface area contributed by atoms with E-state index in [-0.39, 0.29) is 15.3 Å². The molecule has 21 heavy (non-hydrogen) atoms. The van der Waals surface area contributed by atoms with Gasteiger partial charge in [0, 0.05) is 17.5 Å². The van der Waals surface area contributed by atoms with Crippen LogP contribution < -0.4 is 4.72 Å². The zero-order chi connectivity index (χ0) is 15.7. The summed E-state index contributed by atoms with van der Waals surface area (Å²) in [7, 11) is 0.278. The molecule has 1 fully saturated rings. The fraction of sp³-hybridized carbons (Fsp3) is 0.615. The Morgan fingerprint density at radius 1 is 1.43 bits per heavy atom. The third-order valence-electron chi connectivity index (χ3n) is 4.16. The summed E-state index contributed by atoms with van der Waals surface area (Å²) in [5, 5.41) is 10.2. The van der Waals surface area contributed by atoms with Crippen molar-refractivity contribution in [3.63, 3.8) is 0 Å². The second kappa shape index (κ2) is 6.04. The van der Waals surface area contributed by atoms with Gasteiger partial charge in [-0.25, -0.2) is 17.9 Å². The van der Waals surface area contributed by atoms with E-state index in [1.807, 2.05) is 14.1 Å². The lowest BCUT2D eigenvalue weighted by Gasteiger charge is -2.36. The summed E-state index contributed by atoms with van der Waals surface area (Å²) in [6.45, 7) is 0.350. The Labute approximate surface area is 128 Å². The molecule has 0 amide bonds. The molecule has 0 aliphatic heterocycles.